The van der Waals surface area contributed by atoms with Crippen LogP contribution in [-0.4, -0.2) is 63.7 Å². The molecule has 0 radical (unpaired) electrons. The quantitative estimate of drug-likeness (QED) is 0.732. The summed E-state index contributed by atoms with van der Waals surface area (Å²) in [6.07, 6.45) is 3.93. The van der Waals surface area contributed by atoms with E-state index in [1.165, 1.54) is 23.6 Å². The van der Waals surface area contributed by atoms with Crippen molar-refractivity contribution < 1.29 is 8.42 Å². The normalized spacial score (nSPS) is 11.6. The molecule has 0 atom stereocenters. The molecule has 0 saturated heterocycles. The highest BCUT2D eigenvalue weighted by molar-refractivity contribution is 7.90. The SMILES string of the molecule is CN(CCS(C)(=O)=O)c1nc(Cl)nc(-n2cncn2)n1. The van der Waals surface area contributed by atoms with E-state index in [1.807, 2.05) is 0 Å². The van der Waals surface area contributed by atoms with Crippen LogP contribution in [0.25, 0.3) is 5.95 Å². The van der Waals surface area contributed by atoms with Gasteiger partial charge in [0.25, 0.3) is 5.95 Å². The highest BCUT2D eigenvalue weighted by atomic mass is 35.5. The lowest BCUT2D eigenvalue weighted by Gasteiger charge is -2.16. The molecule has 0 aliphatic carbocycles. The minimum absolute atomic E-state index is 0.00768. The second-order valence-corrected chi connectivity index (χ2v) is 6.69. The molecule has 0 aliphatic rings. The molecule has 0 bridgehead atoms. The van der Waals surface area contributed by atoms with Gasteiger partial charge in [-0.3, -0.25) is 0 Å². The van der Waals surface area contributed by atoms with Gasteiger partial charge in [0.15, 0.2) is 0 Å². The summed E-state index contributed by atoms with van der Waals surface area (Å²) in [7, 11) is -1.40. The zero-order valence-electron chi connectivity index (χ0n) is 10.8. The monoisotopic (exact) mass is 317 g/mol. The van der Waals surface area contributed by atoms with Crippen molar-refractivity contribution in [3.63, 3.8) is 0 Å². The van der Waals surface area contributed by atoms with Gasteiger partial charge in [-0.25, -0.2) is 13.4 Å². The van der Waals surface area contributed by atoms with Crippen LogP contribution in [0.3, 0.4) is 0 Å². The lowest BCUT2D eigenvalue weighted by Crippen LogP contribution is -2.27. The third kappa shape index (κ3) is 3.84. The van der Waals surface area contributed by atoms with Crippen molar-refractivity contribution in [2.45, 2.75) is 0 Å². The zero-order valence-corrected chi connectivity index (χ0v) is 12.4. The summed E-state index contributed by atoms with van der Waals surface area (Å²) >= 11 is 5.83. The molecule has 0 aromatic carbocycles. The Bertz CT molecular complexity index is 688. The van der Waals surface area contributed by atoms with Crippen LogP contribution in [0.4, 0.5) is 5.95 Å². The fraction of sp³-hybridized carbons (Fsp3) is 0.444. The smallest absolute Gasteiger partial charge is 0.258 e. The summed E-state index contributed by atoms with van der Waals surface area (Å²) in [5.74, 6) is 0.466. The maximum Gasteiger partial charge on any atom is 0.258 e. The van der Waals surface area contributed by atoms with Gasteiger partial charge in [0.2, 0.25) is 11.2 Å². The van der Waals surface area contributed by atoms with Crippen molar-refractivity contribution in [3.05, 3.63) is 17.9 Å². The minimum Gasteiger partial charge on any atom is -0.343 e. The molecule has 2 aromatic heterocycles. The maximum atomic E-state index is 11.2. The van der Waals surface area contributed by atoms with Gasteiger partial charge in [0, 0.05) is 19.8 Å². The van der Waals surface area contributed by atoms with Gasteiger partial charge in [-0.1, -0.05) is 0 Å². The van der Waals surface area contributed by atoms with Gasteiger partial charge in [-0.2, -0.15) is 24.7 Å². The molecule has 0 aliphatic heterocycles. The molecule has 2 rings (SSSR count). The molecule has 2 heterocycles. The van der Waals surface area contributed by atoms with Crippen LogP contribution in [0, 0.1) is 0 Å². The molecule has 0 amide bonds. The van der Waals surface area contributed by atoms with Crippen LogP contribution < -0.4 is 4.90 Å². The molecular formula is C9H12ClN7O2S. The summed E-state index contributed by atoms with van der Waals surface area (Å²) < 4.78 is 23.7. The molecule has 20 heavy (non-hydrogen) atoms. The van der Waals surface area contributed by atoms with E-state index in [1.54, 1.807) is 11.9 Å². The number of hydrogen-bond acceptors (Lipinski definition) is 8. The highest BCUT2D eigenvalue weighted by Crippen LogP contribution is 2.11. The van der Waals surface area contributed by atoms with Crippen molar-refractivity contribution in [1.29, 1.82) is 0 Å². The van der Waals surface area contributed by atoms with Crippen LogP contribution in [-0.2, 0) is 9.84 Å². The Morgan fingerprint density at radius 1 is 1.35 bits per heavy atom. The summed E-state index contributed by atoms with van der Waals surface area (Å²) in [4.78, 5) is 17.4. The first kappa shape index (κ1) is 14.6. The van der Waals surface area contributed by atoms with Crippen LogP contribution in [0.2, 0.25) is 5.28 Å². The van der Waals surface area contributed by atoms with E-state index in [0.717, 1.165) is 0 Å². The van der Waals surface area contributed by atoms with E-state index >= 15 is 0 Å². The fourth-order valence-corrected chi connectivity index (χ4v) is 2.07. The molecule has 0 unspecified atom stereocenters. The summed E-state index contributed by atoms with van der Waals surface area (Å²) in [5, 5.41) is 3.89. The first-order chi connectivity index (χ1) is 9.35. The first-order valence-corrected chi connectivity index (χ1v) is 7.94. The second kappa shape index (κ2) is 5.67. The third-order valence-electron chi connectivity index (χ3n) is 2.35. The first-order valence-electron chi connectivity index (χ1n) is 5.50. The van der Waals surface area contributed by atoms with Crippen molar-refractivity contribution in [2.24, 2.45) is 0 Å². The zero-order chi connectivity index (χ0) is 14.8. The molecule has 108 valence electrons. The van der Waals surface area contributed by atoms with Crippen molar-refractivity contribution in [3.8, 4) is 5.95 Å². The molecule has 2 aromatic rings. The molecule has 0 saturated carbocycles. The Morgan fingerprint density at radius 2 is 2.10 bits per heavy atom. The van der Waals surface area contributed by atoms with Crippen molar-refractivity contribution in [1.82, 2.24) is 29.7 Å². The number of rotatable bonds is 5. The van der Waals surface area contributed by atoms with Gasteiger partial charge in [-0.05, 0) is 11.6 Å². The van der Waals surface area contributed by atoms with Crippen molar-refractivity contribution >= 4 is 27.4 Å². The predicted octanol–water partition coefficient (Wildman–Crippen LogP) is -0.414. The van der Waals surface area contributed by atoms with Gasteiger partial charge >= 0.3 is 0 Å². The van der Waals surface area contributed by atoms with Gasteiger partial charge in [0.05, 0.1) is 5.75 Å². The molecule has 0 fully saturated rings. The van der Waals surface area contributed by atoms with Crippen molar-refractivity contribution in [2.75, 3.05) is 30.5 Å². The molecule has 9 nitrogen and oxygen atoms in total. The second-order valence-electron chi connectivity index (χ2n) is 4.10. The number of nitrogens with zero attached hydrogens (tertiary/aromatic N) is 7. The topological polar surface area (TPSA) is 107 Å². The Labute approximate surface area is 120 Å². The fourth-order valence-electron chi connectivity index (χ4n) is 1.32. The van der Waals surface area contributed by atoms with Crippen LogP contribution in [0.15, 0.2) is 12.7 Å². The van der Waals surface area contributed by atoms with E-state index in [9.17, 15) is 8.42 Å². The maximum absolute atomic E-state index is 11.2. The van der Waals surface area contributed by atoms with Gasteiger partial charge in [-0.15, -0.1) is 0 Å². The summed E-state index contributed by atoms with van der Waals surface area (Å²) in [6, 6.07) is 0. The number of halogens is 1. The van der Waals surface area contributed by atoms with E-state index in [2.05, 4.69) is 25.0 Å². The largest absolute Gasteiger partial charge is 0.343 e. The number of anilines is 1. The lowest BCUT2D eigenvalue weighted by molar-refractivity contribution is 0.600. The Morgan fingerprint density at radius 3 is 2.70 bits per heavy atom. The lowest BCUT2D eigenvalue weighted by atomic mass is 10.6. The average Bonchev–Trinajstić information content (AvgIpc) is 2.88. The highest BCUT2D eigenvalue weighted by Gasteiger charge is 2.13. The summed E-state index contributed by atoms with van der Waals surface area (Å²) in [5.41, 5.74) is 0. The molecule has 0 N–H and O–H groups in total. The Balaban J connectivity index is 2.24. The predicted molar refractivity (Wildman–Crippen MR) is 72.7 cm³/mol. The summed E-state index contributed by atoms with van der Waals surface area (Å²) in [6.45, 7) is 0.246. The minimum atomic E-state index is -3.06. The molecule has 11 heteroatoms. The van der Waals surface area contributed by atoms with Crippen LogP contribution >= 0.6 is 11.6 Å². The Hall–Kier alpha value is -1.81. The average molecular weight is 318 g/mol. The van der Waals surface area contributed by atoms with E-state index in [0.29, 0.717) is 0 Å². The number of aromatic nitrogens is 6. The number of hydrogen-bond donors (Lipinski definition) is 0. The standard InChI is InChI=1S/C9H12ClN7O2S/c1-16(3-4-20(2,18)19)8-13-7(10)14-9(15-8)17-6-11-5-12-17/h5-6H,3-4H2,1-2H3. The van der Waals surface area contributed by atoms with Gasteiger partial charge in [0.1, 0.15) is 22.5 Å². The van der Waals surface area contributed by atoms with Crippen LogP contribution in [0.5, 0.6) is 0 Å². The van der Waals surface area contributed by atoms with E-state index in [-0.39, 0.29) is 29.5 Å². The van der Waals surface area contributed by atoms with E-state index < -0.39 is 9.84 Å². The van der Waals surface area contributed by atoms with Gasteiger partial charge < -0.3 is 4.90 Å². The third-order valence-corrected chi connectivity index (χ3v) is 3.44. The molecule has 0 spiro atoms. The van der Waals surface area contributed by atoms with E-state index in [4.69, 9.17) is 11.6 Å². The molecular weight excluding hydrogens is 306 g/mol. The van der Waals surface area contributed by atoms with Crippen LogP contribution in [0.1, 0.15) is 0 Å². The number of sulfone groups is 1. The Kier molecular flexibility index (Phi) is 4.14.